The lowest BCUT2D eigenvalue weighted by Crippen LogP contribution is -2.38. The number of methoxy groups -OCH3 is 1. The Morgan fingerprint density at radius 2 is 2.00 bits per heavy atom. The fourth-order valence-electron chi connectivity index (χ4n) is 3.70. The number of amides is 2. The predicted octanol–water partition coefficient (Wildman–Crippen LogP) is 3.85. The monoisotopic (exact) mass is 458 g/mol. The van der Waals surface area contributed by atoms with Gasteiger partial charge in [0.15, 0.2) is 5.13 Å². The average Bonchev–Trinajstić information content (AvgIpc) is 3.46. The second-order valence-electron chi connectivity index (χ2n) is 7.31. The minimum atomic E-state index is -0.778. The maximum absolute atomic E-state index is 13.2. The number of piperidine rings is 1. The van der Waals surface area contributed by atoms with Gasteiger partial charge < -0.3 is 9.64 Å². The molecule has 2 amide bonds. The summed E-state index contributed by atoms with van der Waals surface area (Å²) in [5.41, 5.74) is 0.515. The molecule has 3 aromatic rings. The summed E-state index contributed by atoms with van der Waals surface area (Å²) in [6.07, 6.45) is 4.60. The van der Waals surface area contributed by atoms with E-state index in [4.69, 9.17) is 4.74 Å². The summed E-state index contributed by atoms with van der Waals surface area (Å²) >= 11 is 2.45. The van der Waals surface area contributed by atoms with Crippen LogP contribution in [0.4, 0.5) is 5.13 Å². The van der Waals surface area contributed by atoms with Gasteiger partial charge in [0.2, 0.25) is 5.88 Å². The van der Waals surface area contributed by atoms with E-state index < -0.39 is 11.7 Å². The molecule has 0 aromatic carbocycles. The van der Waals surface area contributed by atoms with Crippen molar-refractivity contribution < 1.29 is 19.1 Å². The minimum absolute atomic E-state index is 0.169. The molecule has 31 heavy (non-hydrogen) atoms. The van der Waals surface area contributed by atoms with Crippen molar-refractivity contribution in [1.29, 1.82) is 0 Å². The smallest absolute Gasteiger partial charge is 0.298 e. The summed E-state index contributed by atoms with van der Waals surface area (Å²) in [4.78, 5) is 49.1. The summed E-state index contributed by atoms with van der Waals surface area (Å²) in [6.45, 7) is 3.54. The number of carbonyl (C=O) groups is 3. The van der Waals surface area contributed by atoms with E-state index in [9.17, 15) is 14.4 Å². The van der Waals surface area contributed by atoms with Gasteiger partial charge in [-0.05, 0) is 24.8 Å². The van der Waals surface area contributed by atoms with E-state index in [2.05, 4.69) is 22.2 Å². The molecule has 1 fully saturated rings. The van der Waals surface area contributed by atoms with Crippen molar-refractivity contribution in [2.24, 2.45) is 5.92 Å². The molecular weight excluding hydrogens is 436 g/mol. The summed E-state index contributed by atoms with van der Waals surface area (Å²) in [5.74, 6) is -0.777. The predicted molar refractivity (Wildman–Crippen MR) is 120 cm³/mol. The van der Waals surface area contributed by atoms with Crippen molar-refractivity contribution in [1.82, 2.24) is 14.9 Å². The van der Waals surface area contributed by atoms with Gasteiger partial charge in [-0.3, -0.25) is 19.7 Å². The van der Waals surface area contributed by atoms with Crippen LogP contribution in [0.25, 0.3) is 10.2 Å². The number of nitrogens with zero attached hydrogens (tertiary/aromatic N) is 3. The quantitative estimate of drug-likeness (QED) is 0.445. The molecule has 1 N–H and O–H groups in total. The summed E-state index contributed by atoms with van der Waals surface area (Å²) < 4.78 is 5.37. The Balaban J connectivity index is 1.63. The zero-order valence-electron chi connectivity index (χ0n) is 17.2. The van der Waals surface area contributed by atoms with Crippen LogP contribution in [0.1, 0.15) is 46.9 Å². The Kier molecular flexibility index (Phi) is 6.28. The number of pyridine rings is 1. The summed E-state index contributed by atoms with van der Waals surface area (Å²) in [6, 6.07) is 1.62. The van der Waals surface area contributed by atoms with Gasteiger partial charge in [0, 0.05) is 41.0 Å². The van der Waals surface area contributed by atoms with Crippen molar-refractivity contribution in [2.75, 3.05) is 25.5 Å². The first-order valence-corrected chi connectivity index (χ1v) is 11.8. The normalized spacial score (nSPS) is 14.6. The number of rotatable bonds is 6. The van der Waals surface area contributed by atoms with Crippen molar-refractivity contribution in [3.8, 4) is 5.88 Å². The molecule has 4 rings (SSSR count). The molecule has 0 spiro atoms. The maximum Gasteiger partial charge on any atom is 0.298 e. The number of hydrogen-bond acceptors (Lipinski definition) is 8. The number of thiophene rings is 1. The second kappa shape index (κ2) is 9.11. The van der Waals surface area contributed by atoms with E-state index in [0.29, 0.717) is 39.9 Å². The molecule has 1 aliphatic rings. The number of thiazole rings is 1. The van der Waals surface area contributed by atoms with Gasteiger partial charge in [-0.2, -0.15) is 0 Å². The van der Waals surface area contributed by atoms with Crippen molar-refractivity contribution in [2.45, 2.75) is 26.2 Å². The first-order chi connectivity index (χ1) is 15.0. The Labute approximate surface area is 187 Å². The molecule has 0 saturated carbocycles. The molecule has 4 heterocycles. The van der Waals surface area contributed by atoms with E-state index in [-0.39, 0.29) is 17.4 Å². The topological polar surface area (TPSA) is 101 Å². The molecule has 3 aromatic heterocycles. The number of ether oxygens (including phenoxy) is 1. The zero-order valence-corrected chi connectivity index (χ0v) is 18.8. The number of aromatic nitrogens is 2. The van der Waals surface area contributed by atoms with E-state index in [1.165, 1.54) is 29.8 Å². The SMILES string of the molecule is CCC1CCN(C(=O)c2cc3c(C(=O)C(=O)Nc4nccs4)csc3nc2OC)CC1. The summed E-state index contributed by atoms with van der Waals surface area (Å²) in [5, 5.41) is 6.61. The van der Waals surface area contributed by atoms with Gasteiger partial charge in [0.1, 0.15) is 10.4 Å². The fourth-order valence-corrected chi connectivity index (χ4v) is 5.12. The van der Waals surface area contributed by atoms with Crippen LogP contribution in [0, 0.1) is 5.92 Å². The highest BCUT2D eigenvalue weighted by Gasteiger charge is 2.28. The molecule has 162 valence electrons. The standard InChI is InChI=1S/C21H22N4O4S2/c1-3-12-4-7-25(8-5-12)20(28)14-10-13-15(11-31-19(13)24-18(14)29-2)16(26)17(27)23-21-22-6-9-30-21/h6,9-12H,3-5,7-8H2,1-2H3,(H,22,23,27). The van der Waals surface area contributed by atoms with Crippen LogP contribution < -0.4 is 10.1 Å². The number of hydrogen-bond donors (Lipinski definition) is 1. The van der Waals surface area contributed by atoms with Gasteiger partial charge in [-0.15, -0.1) is 22.7 Å². The first-order valence-electron chi connectivity index (χ1n) is 10.0. The van der Waals surface area contributed by atoms with Gasteiger partial charge in [0.05, 0.1) is 7.11 Å². The Hall–Kier alpha value is -2.85. The number of fused-ring (bicyclic) bond motifs is 1. The number of anilines is 1. The van der Waals surface area contributed by atoms with Gasteiger partial charge in [-0.25, -0.2) is 9.97 Å². The molecule has 0 unspecified atom stereocenters. The highest BCUT2D eigenvalue weighted by Crippen LogP contribution is 2.32. The van der Waals surface area contributed by atoms with Crippen LogP contribution >= 0.6 is 22.7 Å². The van der Waals surface area contributed by atoms with E-state index in [1.54, 1.807) is 27.9 Å². The van der Waals surface area contributed by atoms with Crippen LogP contribution in [0.5, 0.6) is 5.88 Å². The molecule has 0 atom stereocenters. The molecule has 10 heteroatoms. The van der Waals surface area contributed by atoms with Crippen molar-refractivity contribution >= 4 is 55.6 Å². The third-order valence-electron chi connectivity index (χ3n) is 5.54. The highest BCUT2D eigenvalue weighted by atomic mass is 32.1. The average molecular weight is 459 g/mol. The van der Waals surface area contributed by atoms with Crippen molar-refractivity contribution in [3.63, 3.8) is 0 Å². The Morgan fingerprint density at radius 1 is 1.23 bits per heavy atom. The molecule has 8 nitrogen and oxygen atoms in total. The molecule has 0 radical (unpaired) electrons. The van der Waals surface area contributed by atoms with Gasteiger partial charge in [-0.1, -0.05) is 13.3 Å². The first kappa shape index (κ1) is 21.4. The number of Topliss-reactive ketones (excluding diaryl/α,β-unsaturated/α-hetero) is 1. The molecular formula is C21H22N4O4S2. The number of nitrogens with one attached hydrogen (secondary N) is 1. The second-order valence-corrected chi connectivity index (χ2v) is 9.06. The zero-order chi connectivity index (χ0) is 22.0. The van der Waals surface area contributed by atoms with Crippen LogP contribution in [0.3, 0.4) is 0 Å². The Morgan fingerprint density at radius 3 is 2.65 bits per heavy atom. The third kappa shape index (κ3) is 4.31. The molecule has 1 aliphatic heterocycles. The Bertz CT molecular complexity index is 1120. The van der Waals surface area contributed by atoms with Crippen LogP contribution in [0.2, 0.25) is 0 Å². The van der Waals surface area contributed by atoms with Crippen LogP contribution in [-0.2, 0) is 4.79 Å². The van der Waals surface area contributed by atoms with Crippen molar-refractivity contribution in [3.05, 3.63) is 34.2 Å². The lowest BCUT2D eigenvalue weighted by atomic mass is 9.94. The maximum atomic E-state index is 13.2. The molecule has 0 bridgehead atoms. The highest BCUT2D eigenvalue weighted by molar-refractivity contribution is 7.17. The number of carbonyl (C=O) groups excluding carboxylic acids is 3. The minimum Gasteiger partial charge on any atom is -0.480 e. The van der Waals surface area contributed by atoms with E-state index in [1.807, 2.05) is 0 Å². The van der Waals surface area contributed by atoms with Crippen LogP contribution in [-0.4, -0.2) is 52.7 Å². The number of ketones is 1. The van der Waals surface area contributed by atoms with Crippen LogP contribution in [0.15, 0.2) is 23.0 Å². The summed E-state index contributed by atoms with van der Waals surface area (Å²) in [7, 11) is 1.47. The van der Waals surface area contributed by atoms with E-state index >= 15 is 0 Å². The van der Waals surface area contributed by atoms with E-state index in [0.717, 1.165) is 19.3 Å². The largest absolute Gasteiger partial charge is 0.480 e. The van der Waals surface area contributed by atoms with Gasteiger partial charge in [0.25, 0.3) is 17.6 Å². The number of likely N-dealkylation sites (tertiary alicyclic amines) is 1. The lowest BCUT2D eigenvalue weighted by molar-refractivity contribution is -0.112. The molecule has 0 aliphatic carbocycles. The fraction of sp³-hybridized carbons (Fsp3) is 0.381. The molecule has 1 saturated heterocycles. The van der Waals surface area contributed by atoms with Gasteiger partial charge >= 0.3 is 0 Å². The third-order valence-corrected chi connectivity index (χ3v) is 7.11. The lowest BCUT2D eigenvalue weighted by Gasteiger charge is -2.31.